The molecule has 2 amide bonds. The Morgan fingerprint density at radius 2 is 2.04 bits per heavy atom. The minimum Gasteiger partial charge on any atom is -0.497 e. The molecule has 24 heavy (non-hydrogen) atoms. The molecule has 7 nitrogen and oxygen atoms in total. The predicted octanol–water partition coefficient (Wildman–Crippen LogP) is 1.02. The number of likely N-dealkylation sites (tertiary alicyclic amines) is 1. The third-order valence-electron chi connectivity index (χ3n) is 3.99. The number of carbonyl (C=O) groups excluding carboxylic acids is 2. The Kier molecular flexibility index (Phi) is 5.78. The molecule has 0 aromatic heterocycles. The zero-order valence-corrected chi connectivity index (χ0v) is 13.8. The van der Waals surface area contributed by atoms with E-state index in [9.17, 15) is 14.4 Å². The summed E-state index contributed by atoms with van der Waals surface area (Å²) in [7, 11) is 1.59. The number of carboxylic acids is 1. The number of benzene rings is 1. The highest BCUT2D eigenvalue weighted by molar-refractivity contribution is 5.89. The van der Waals surface area contributed by atoms with Gasteiger partial charge in [-0.1, -0.05) is 12.1 Å². The number of rotatable bonds is 7. The lowest BCUT2D eigenvalue weighted by Gasteiger charge is -2.18. The van der Waals surface area contributed by atoms with Crippen LogP contribution in [0.5, 0.6) is 5.75 Å². The van der Waals surface area contributed by atoms with Gasteiger partial charge in [0.25, 0.3) is 0 Å². The van der Waals surface area contributed by atoms with Gasteiger partial charge in [0.1, 0.15) is 5.75 Å². The van der Waals surface area contributed by atoms with Gasteiger partial charge in [-0.15, -0.1) is 0 Å². The number of aliphatic carboxylic acids is 1. The Labute approximate surface area is 140 Å². The first-order valence-electron chi connectivity index (χ1n) is 7.82. The fourth-order valence-electron chi connectivity index (χ4n) is 2.73. The number of methoxy groups -OCH3 is 1. The summed E-state index contributed by atoms with van der Waals surface area (Å²) in [6.45, 7) is 2.42. The van der Waals surface area contributed by atoms with Gasteiger partial charge in [-0.05, 0) is 24.6 Å². The zero-order chi connectivity index (χ0) is 17.7. The topological polar surface area (TPSA) is 95.9 Å². The number of nitrogens with zero attached hydrogens (tertiary/aromatic N) is 1. The Balaban J connectivity index is 1.90. The molecule has 2 unspecified atom stereocenters. The number of nitrogens with one attached hydrogen (secondary N) is 1. The highest BCUT2D eigenvalue weighted by Crippen LogP contribution is 2.21. The molecule has 0 bridgehead atoms. The van der Waals surface area contributed by atoms with E-state index in [1.165, 1.54) is 0 Å². The number of ether oxygens (including phenoxy) is 1. The van der Waals surface area contributed by atoms with Crippen molar-refractivity contribution in [1.29, 1.82) is 0 Å². The lowest BCUT2D eigenvalue weighted by Crippen LogP contribution is -2.39. The highest BCUT2D eigenvalue weighted by atomic mass is 16.5. The second-order valence-electron chi connectivity index (χ2n) is 6.03. The maximum absolute atomic E-state index is 12.2. The monoisotopic (exact) mass is 334 g/mol. The molecule has 1 aromatic rings. The number of hydrogen-bond acceptors (Lipinski definition) is 4. The van der Waals surface area contributed by atoms with Crippen LogP contribution in [0.3, 0.4) is 0 Å². The summed E-state index contributed by atoms with van der Waals surface area (Å²) in [6, 6.07) is 6.96. The van der Waals surface area contributed by atoms with Gasteiger partial charge in [0.05, 0.1) is 19.4 Å². The second-order valence-corrected chi connectivity index (χ2v) is 6.03. The first-order chi connectivity index (χ1) is 11.4. The van der Waals surface area contributed by atoms with Crippen LogP contribution < -0.4 is 10.1 Å². The van der Waals surface area contributed by atoms with E-state index in [2.05, 4.69) is 5.32 Å². The van der Waals surface area contributed by atoms with Gasteiger partial charge >= 0.3 is 5.97 Å². The summed E-state index contributed by atoms with van der Waals surface area (Å²) in [5.74, 6) is -0.999. The zero-order valence-electron chi connectivity index (χ0n) is 13.8. The van der Waals surface area contributed by atoms with Gasteiger partial charge in [0, 0.05) is 25.6 Å². The van der Waals surface area contributed by atoms with E-state index in [4.69, 9.17) is 9.84 Å². The first-order valence-corrected chi connectivity index (χ1v) is 7.82. The number of hydrogen-bond donors (Lipinski definition) is 2. The van der Waals surface area contributed by atoms with Crippen LogP contribution in [0, 0.1) is 5.92 Å². The van der Waals surface area contributed by atoms with Crippen LogP contribution in [0.2, 0.25) is 0 Å². The van der Waals surface area contributed by atoms with Crippen LogP contribution in [-0.4, -0.2) is 47.5 Å². The molecule has 1 aliphatic rings. The predicted molar refractivity (Wildman–Crippen MR) is 86.4 cm³/mol. The van der Waals surface area contributed by atoms with Crippen molar-refractivity contribution in [3.05, 3.63) is 29.8 Å². The molecule has 2 rings (SSSR count). The smallest absolute Gasteiger partial charge is 0.305 e. The molecule has 7 heteroatoms. The van der Waals surface area contributed by atoms with Crippen molar-refractivity contribution < 1.29 is 24.2 Å². The number of carboxylic acid groups (broad SMARTS) is 1. The highest BCUT2D eigenvalue weighted by Gasteiger charge is 2.34. The van der Waals surface area contributed by atoms with Crippen molar-refractivity contribution in [3.63, 3.8) is 0 Å². The van der Waals surface area contributed by atoms with E-state index < -0.39 is 17.9 Å². The summed E-state index contributed by atoms with van der Waals surface area (Å²) in [5.41, 5.74) is 0.962. The fourth-order valence-corrected chi connectivity index (χ4v) is 2.73. The molecule has 0 spiro atoms. The maximum Gasteiger partial charge on any atom is 0.305 e. The summed E-state index contributed by atoms with van der Waals surface area (Å²) in [4.78, 5) is 36.6. The van der Waals surface area contributed by atoms with Crippen molar-refractivity contribution in [2.24, 2.45) is 5.92 Å². The summed E-state index contributed by atoms with van der Waals surface area (Å²) in [6.07, 6.45) is 0.0176. The third kappa shape index (κ3) is 4.71. The molecular formula is C17H22N2O5. The summed E-state index contributed by atoms with van der Waals surface area (Å²) >= 11 is 0. The van der Waals surface area contributed by atoms with E-state index in [1.54, 1.807) is 18.9 Å². The SMILES string of the molecule is COc1ccc(CN2CC(C(=O)NC(C)CC(=O)O)CC2=O)cc1. The molecule has 1 aromatic carbocycles. The number of amides is 2. The van der Waals surface area contributed by atoms with Crippen LogP contribution in [0.25, 0.3) is 0 Å². The Hall–Kier alpha value is -2.57. The molecule has 130 valence electrons. The van der Waals surface area contributed by atoms with Crippen molar-refractivity contribution in [2.75, 3.05) is 13.7 Å². The van der Waals surface area contributed by atoms with E-state index >= 15 is 0 Å². The summed E-state index contributed by atoms with van der Waals surface area (Å²) < 4.78 is 5.10. The molecule has 2 N–H and O–H groups in total. The van der Waals surface area contributed by atoms with Crippen molar-refractivity contribution in [1.82, 2.24) is 10.2 Å². The van der Waals surface area contributed by atoms with Gasteiger partial charge in [-0.3, -0.25) is 14.4 Å². The van der Waals surface area contributed by atoms with Crippen molar-refractivity contribution in [3.8, 4) is 5.75 Å². The van der Waals surface area contributed by atoms with Crippen LogP contribution in [0.15, 0.2) is 24.3 Å². The summed E-state index contributed by atoms with van der Waals surface area (Å²) in [5, 5.41) is 11.4. The second kappa shape index (κ2) is 7.81. The van der Waals surface area contributed by atoms with Crippen LogP contribution in [0.1, 0.15) is 25.3 Å². The molecule has 2 atom stereocenters. The Morgan fingerprint density at radius 3 is 2.62 bits per heavy atom. The van der Waals surface area contributed by atoms with E-state index in [0.29, 0.717) is 13.1 Å². The van der Waals surface area contributed by atoms with Gasteiger partial charge < -0.3 is 20.1 Å². The molecule has 1 saturated heterocycles. The number of carbonyl (C=O) groups is 3. The van der Waals surface area contributed by atoms with E-state index in [-0.39, 0.29) is 24.7 Å². The average Bonchev–Trinajstić information content (AvgIpc) is 2.88. The average molecular weight is 334 g/mol. The molecular weight excluding hydrogens is 312 g/mol. The van der Waals surface area contributed by atoms with Gasteiger partial charge in [0.2, 0.25) is 11.8 Å². The fraction of sp³-hybridized carbons (Fsp3) is 0.471. The van der Waals surface area contributed by atoms with Gasteiger partial charge in [-0.2, -0.15) is 0 Å². The van der Waals surface area contributed by atoms with Gasteiger partial charge in [-0.25, -0.2) is 0 Å². The maximum atomic E-state index is 12.2. The first kappa shape index (κ1) is 17.8. The lowest BCUT2D eigenvalue weighted by atomic mass is 10.1. The van der Waals surface area contributed by atoms with Crippen LogP contribution >= 0.6 is 0 Å². The van der Waals surface area contributed by atoms with E-state index in [1.807, 2.05) is 24.3 Å². The minimum absolute atomic E-state index is 0.0724. The van der Waals surface area contributed by atoms with Crippen LogP contribution in [0.4, 0.5) is 0 Å². The molecule has 0 saturated carbocycles. The Morgan fingerprint density at radius 1 is 1.38 bits per heavy atom. The molecule has 1 fully saturated rings. The Bertz CT molecular complexity index is 614. The quantitative estimate of drug-likeness (QED) is 0.776. The van der Waals surface area contributed by atoms with Crippen molar-refractivity contribution in [2.45, 2.75) is 32.4 Å². The minimum atomic E-state index is -0.966. The molecule has 0 radical (unpaired) electrons. The third-order valence-corrected chi connectivity index (χ3v) is 3.99. The standard InChI is InChI=1S/C17H22N2O5/c1-11(7-16(21)22)18-17(23)13-8-15(20)19(10-13)9-12-3-5-14(24-2)6-4-12/h3-6,11,13H,7-10H2,1-2H3,(H,18,23)(H,21,22). The van der Waals surface area contributed by atoms with Crippen molar-refractivity contribution >= 4 is 17.8 Å². The molecule has 1 heterocycles. The lowest BCUT2D eigenvalue weighted by molar-refractivity contribution is -0.137. The van der Waals surface area contributed by atoms with E-state index in [0.717, 1.165) is 11.3 Å². The van der Waals surface area contributed by atoms with Crippen LogP contribution in [-0.2, 0) is 20.9 Å². The largest absolute Gasteiger partial charge is 0.497 e. The molecule has 1 aliphatic heterocycles. The van der Waals surface area contributed by atoms with Gasteiger partial charge in [0.15, 0.2) is 0 Å². The molecule has 0 aliphatic carbocycles. The normalized spacial score (nSPS) is 18.3.